The molecule has 0 aromatic heterocycles. The van der Waals surface area contributed by atoms with Gasteiger partial charge in [0.15, 0.2) is 0 Å². The molecule has 0 bridgehead atoms. The maximum absolute atomic E-state index is 2.73. The topological polar surface area (TPSA) is 0 Å². The minimum Gasteiger partial charge on any atom is -0.0686 e. The SMILES string of the molecule is IC(I)C(I)(I)C(I)(I)C(I)(I)C(I)(I)C(I)(I)C(I)(I)C(I)(I)I. The van der Waals surface area contributed by atoms with Crippen molar-refractivity contribution in [3.8, 4) is 0 Å². The highest BCUT2D eigenvalue weighted by Crippen LogP contribution is 2.78. The van der Waals surface area contributed by atoms with Gasteiger partial charge in [-0.2, -0.15) is 0 Å². The van der Waals surface area contributed by atoms with Gasteiger partial charge in [-0.05, 0) is 0 Å². The fraction of sp³-hybridized carbons (Fsp3) is 1.00. The molecule has 0 atom stereocenters. The van der Waals surface area contributed by atoms with Crippen molar-refractivity contribution in [3.63, 3.8) is 0 Å². The Morgan fingerprint density at radius 3 is 0.840 bits per heavy atom. The lowest BCUT2D eigenvalue weighted by atomic mass is 10.1. The van der Waals surface area contributed by atoms with Gasteiger partial charge in [-0.1, -0.05) is 384 Å². The van der Waals surface area contributed by atoms with Gasteiger partial charge in [0.1, 0.15) is 8.01 Å². The van der Waals surface area contributed by atoms with Crippen LogP contribution >= 0.6 is 384 Å². The van der Waals surface area contributed by atoms with Crippen molar-refractivity contribution >= 4 is 384 Å². The molecule has 0 fully saturated rings. The molecule has 17 heteroatoms. The quantitative estimate of drug-likeness (QED) is 0.176. The van der Waals surface area contributed by atoms with Crippen LogP contribution in [0.5, 0.6) is 0 Å². The summed E-state index contributed by atoms with van der Waals surface area (Å²) in [7, 11) is 0. The molecule has 0 aliphatic rings. The third kappa shape index (κ3) is 8.22. The second kappa shape index (κ2) is 13.9. The van der Waals surface area contributed by atoms with E-state index in [1.165, 1.54) is 0 Å². The van der Waals surface area contributed by atoms with Gasteiger partial charge in [0.25, 0.3) is 0 Å². The summed E-state index contributed by atoms with van der Waals surface area (Å²) in [5.74, 6) is 0. The van der Waals surface area contributed by atoms with Crippen LogP contribution in [0.15, 0.2) is 0 Å². The summed E-state index contributed by atoms with van der Waals surface area (Å²) in [5, 5.41) is 0. The Kier molecular flexibility index (Phi) is 20.7. The van der Waals surface area contributed by atoms with E-state index < -0.39 is 0 Å². The summed E-state index contributed by atoms with van der Waals surface area (Å²) in [6.45, 7) is 0. The highest BCUT2D eigenvalue weighted by Gasteiger charge is 2.75. The summed E-state index contributed by atoms with van der Waals surface area (Å²) in [6, 6.07) is 0. The first-order valence-electron chi connectivity index (χ1n) is 5.06. The number of rotatable bonds is 7. The second-order valence-corrected chi connectivity index (χ2v) is 52.2. The van der Waals surface area contributed by atoms with Crippen molar-refractivity contribution in [1.29, 1.82) is 0 Å². The molecule has 0 heterocycles. The largest absolute Gasteiger partial charge is 0.149 e. The smallest absolute Gasteiger partial charge is 0.0686 e. The maximum Gasteiger partial charge on any atom is 0.149 e. The van der Waals surface area contributed by atoms with Crippen LogP contribution in [0.25, 0.3) is 0 Å². The zero-order chi connectivity index (χ0) is 21.1. The van der Waals surface area contributed by atoms with Crippen LogP contribution in [0.2, 0.25) is 0 Å². The zero-order valence-corrected chi connectivity index (χ0v) is 47.2. The van der Waals surface area contributed by atoms with Crippen molar-refractivity contribution in [2.24, 2.45) is 0 Å². The summed E-state index contributed by atoms with van der Waals surface area (Å²) >= 11 is 45.4. The van der Waals surface area contributed by atoms with Crippen molar-refractivity contribution in [2.45, 2.75) is 9.94 Å². The summed E-state index contributed by atoms with van der Waals surface area (Å²) in [6.07, 6.45) is 0. The molecule has 0 radical (unpaired) electrons. The molecule has 0 aliphatic heterocycles. The molecular weight excluding hydrogens is 2250 g/mol. The Balaban J connectivity index is 6.50. The predicted molar refractivity (Wildman–Crippen MR) is 261 cm³/mol. The van der Waals surface area contributed by atoms with E-state index >= 15 is 0 Å². The van der Waals surface area contributed by atoms with Crippen LogP contribution in [0.3, 0.4) is 0 Å². The Morgan fingerprint density at radius 2 is 0.600 bits per heavy atom. The maximum atomic E-state index is 2.73. The summed E-state index contributed by atoms with van der Waals surface area (Å²) in [5.41, 5.74) is 0. The summed E-state index contributed by atoms with van der Waals surface area (Å²) in [4.78, 5) is 0. The monoisotopic (exact) mass is 2250 g/mol. The van der Waals surface area contributed by atoms with Gasteiger partial charge in [-0.3, -0.25) is 0 Å². The molecule has 0 saturated heterocycles. The van der Waals surface area contributed by atoms with Crippen LogP contribution in [0, 0.1) is 0 Å². The molecule has 0 rings (SSSR count). The Morgan fingerprint density at radius 1 is 0.360 bits per heavy atom. The van der Waals surface area contributed by atoms with E-state index in [1.54, 1.807) is 0 Å². The van der Waals surface area contributed by atoms with Gasteiger partial charge in [0.05, 0.1) is 1.93 Å². The Bertz CT molecular complexity index is 481. The van der Waals surface area contributed by atoms with Crippen LogP contribution < -0.4 is 0 Å². The second-order valence-electron chi connectivity index (χ2n) is 4.29. The third-order valence-corrected chi connectivity index (χ3v) is 57.7. The van der Waals surface area contributed by atoms with Crippen LogP contribution in [0.4, 0.5) is 0 Å². The number of alkyl halides is 17. The molecule has 25 heavy (non-hydrogen) atoms. The first kappa shape index (κ1) is 37.4. The average Bonchev–Trinajstić information content (AvgIpc) is 2.35. The molecule has 0 aliphatic carbocycles. The van der Waals surface area contributed by atoms with Gasteiger partial charge >= 0.3 is 0 Å². The Labute approximate surface area is 381 Å². The highest BCUT2D eigenvalue weighted by atomic mass is 127. The standard InChI is InChI=1S/C8HI17/c9-1(10)2(11,12)3(13,14)4(15,16)5(17,18)6(19,20)7(21,22)8(23,24)25/h1H. The van der Waals surface area contributed by atoms with E-state index in [0.717, 1.165) is 0 Å². The highest BCUT2D eigenvalue weighted by molar-refractivity contribution is 14.3. The van der Waals surface area contributed by atoms with Gasteiger partial charge in [-0.15, -0.1) is 0 Å². The molecular formula is C8HI17. The van der Waals surface area contributed by atoms with E-state index in [9.17, 15) is 0 Å². The molecule has 0 amide bonds. The van der Waals surface area contributed by atoms with Crippen LogP contribution in [-0.2, 0) is 0 Å². The first-order valence-corrected chi connectivity index (χ1v) is 23.7. The fourth-order valence-corrected chi connectivity index (χ4v) is 24.9. The number of hydrogen-bond donors (Lipinski definition) is 0. The van der Waals surface area contributed by atoms with Crippen LogP contribution in [-0.4, -0.2) is 9.94 Å². The molecule has 0 nitrogen and oxygen atoms in total. The lowest BCUT2D eigenvalue weighted by Crippen LogP contribution is -2.66. The first-order chi connectivity index (χ1) is 10.4. The lowest BCUT2D eigenvalue weighted by Gasteiger charge is -2.57. The van der Waals surface area contributed by atoms with Gasteiger partial charge in [-0.25, -0.2) is 0 Å². The van der Waals surface area contributed by atoms with Gasteiger partial charge in [0.2, 0.25) is 0 Å². The minimum atomic E-state index is -0.0148. The summed E-state index contributed by atoms with van der Waals surface area (Å²) < 4.78 is 0.766. The Hall–Kier alpha value is 12.4. The molecule has 0 aromatic carbocycles. The van der Waals surface area contributed by atoms with E-state index in [0.29, 0.717) is 1.93 Å². The van der Waals surface area contributed by atoms with Crippen molar-refractivity contribution < 1.29 is 0 Å². The minimum absolute atomic E-state index is 0.000700. The van der Waals surface area contributed by atoms with E-state index in [4.69, 9.17) is 0 Å². The van der Waals surface area contributed by atoms with E-state index in [-0.39, 0.29) is 8.01 Å². The van der Waals surface area contributed by atoms with Gasteiger partial charge in [0, 0.05) is 0 Å². The normalized spacial score (nSPS) is 16.6. The molecule has 0 N–H and O–H groups in total. The molecule has 0 spiro atoms. The molecule has 0 unspecified atom stereocenters. The third-order valence-electron chi connectivity index (χ3n) is 2.63. The number of halogens is 17. The van der Waals surface area contributed by atoms with E-state index in [1.807, 2.05) is 0 Å². The predicted octanol–water partition coefficient (Wildman–Crippen LogP) is 13.5. The van der Waals surface area contributed by atoms with E-state index in [2.05, 4.69) is 384 Å². The van der Waals surface area contributed by atoms with Crippen LogP contribution in [0.1, 0.15) is 0 Å². The number of hydrogen-bond acceptors (Lipinski definition) is 0. The van der Waals surface area contributed by atoms with Crippen molar-refractivity contribution in [1.82, 2.24) is 0 Å². The lowest BCUT2D eigenvalue weighted by molar-refractivity contribution is 0.701. The van der Waals surface area contributed by atoms with Gasteiger partial charge < -0.3 is 0 Å². The fourth-order valence-electron chi connectivity index (χ4n) is 1.12. The molecule has 0 saturated carbocycles. The van der Waals surface area contributed by atoms with Crippen molar-refractivity contribution in [2.75, 3.05) is 0 Å². The average molecular weight is 2250 g/mol. The van der Waals surface area contributed by atoms with Crippen molar-refractivity contribution in [3.05, 3.63) is 0 Å². The zero-order valence-electron chi connectivity index (χ0n) is 10.5. The molecule has 152 valence electrons. The molecule has 0 aromatic rings.